The Morgan fingerprint density at radius 1 is 1.06 bits per heavy atom. The Hall–Kier alpha value is -1.17. The van der Waals surface area contributed by atoms with Crippen molar-refractivity contribution in [3.05, 3.63) is 22.8 Å². The van der Waals surface area contributed by atoms with E-state index in [-0.39, 0.29) is 23.2 Å². The zero-order chi connectivity index (χ0) is 25.3. The number of aliphatic carboxylic acids is 1. The molecule has 4 aliphatic rings. The molecule has 0 aromatic carbocycles. The molecule has 0 bridgehead atoms. The van der Waals surface area contributed by atoms with E-state index in [0.717, 1.165) is 31.3 Å². The van der Waals surface area contributed by atoms with Crippen molar-refractivity contribution in [1.82, 2.24) is 0 Å². The smallest absolute Gasteiger partial charge is 0.314 e. The van der Waals surface area contributed by atoms with Gasteiger partial charge >= 0.3 is 5.97 Å². The fourth-order valence-electron chi connectivity index (χ4n) is 9.18. The summed E-state index contributed by atoms with van der Waals surface area (Å²) >= 11 is 0. The number of fused-ring (bicyclic) bond motifs is 4. The topological polar surface area (TPSA) is 98.0 Å². The number of allylic oxidation sites excluding steroid dienone is 2. The largest absolute Gasteiger partial charge is 0.481 e. The lowest BCUT2D eigenvalue weighted by Gasteiger charge is -2.61. The first-order chi connectivity index (χ1) is 15.7. The van der Waals surface area contributed by atoms with E-state index >= 15 is 0 Å². The first kappa shape index (κ1) is 25.9. The Balaban J connectivity index is 1.76. The third-order valence-electron chi connectivity index (χ3n) is 11.2. The molecule has 0 radical (unpaired) electrons. The van der Waals surface area contributed by atoms with Crippen LogP contribution in [0.3, 0.4) is 0 Å². The number of hydrogen-bond acceptors (Lipinski definition) is 4. The molecule has 2 fully saturated rings. The maximum Gasteiger partial charge on any atom is 0.314 e. The van der Waals surface area contributed by atoms with E-state index in [1.165, 1.54) is 11.1 Å². The number of carboxylic acids is 1. The fourth-order valence-corrected chi connectivity index (χ4v) is 9.18. The molecule has 5 nitrogen and oxygen atoms in total. The van der Waals surface area contributed by atoms with E-state index in [2.05, 4.69) is 26.8 Å². The second-order valence-corrected chi connectivity index (χ2v) is 13.0. The van der Waals surface area contributed by atoms with Gasteiger partial charge in [0.2, 0.25) is 0 Å². The van der Waals surface area contributed by atoms with Crippen molar-refractivity contribution in [2.75, 3.05) is 0 Å². The predicted octanol–water partition coefficient (Wildman–Crippen LogP) is 5.24. The molecule has 0 heterocycles. The second kappa shape index (κ2) is 8.45. The zero-order valence-electron chi connectivity index (χ0n) is 22.0. The summed E-state index contributed by atoms with van der Waals surface area (Å²) in [6.07, 6.45) is 7.33. The van der Waals surface area contributed by atoms with Gasteiger partial charge in [-0.05, 0) is 107 Å². The standard InChI is InChI=1S/C29H46O5/c1-17(2)7-9-22(30)18(3)19-12-16-29(25(32)33)21-8-10-23-26(4,14-13-24(31)28(23,6)34)20(21)11-15-27(19,29)5/h7,18-19,22-24,30-31,34H,8-16H2,1-6H3,(H,32,33)/t18-,19+,22-,23+,24-,26+,27+,28+,29-/m0/s1. The highest BCUT2D eigenvalue weighted by Gasteiger charge is 2.68. The van der Waals surface area contributed by atoms with Gasteiger partial charge in [0.05, 0.1) is 23.2 Å². The molecule has 4 aliphatic carbocycles. The molecule has 5 heteroatoms. The Kier molecular flexibility index (Phi) is 6.44. The SMILES string of the molecule is CC(C)=CC[C@H](O)[C@@H](C)[C@H]1CC[C@@]2(C(=O)O)C3=C(CC[C@]12C)[C@@]1(C)CC[C@H](O)[C@](C)(O)[C@@H]1CC3. The molecule has 2 saturated carbocycles. The van der Waals surface area contributed by atoms with Crippen LogP contribution in [0.5, 0.6) is 0 Å². The van der Waals surface area contributed by atoms with E-state index in [4.69, 9.17) is 0 Å². The first-order valence-electron chi connectivity index (χ1n) is 13.4. The molecule has 0 aromatic heterocycles. The molecule has 0 unspecified atom stereocenters. The fraction of sp³-hybridized carbons (Fsp3) is 0.828. The minimum atomic E-state index is -1.15. The van der Waals surface area contributed by atoms with Gasteiger partial charge in [0, 0.05) is 0 Å². The lowest BCUT2D eigenvalue weighted by molar-refractivity contribution is -0.171. The normalized spacial score (nSPS) is 45.6. The number of aliphatic hydroxyl groups excluding tert-OH is 2. The highest BCUT2D eigenvalue weighted by molar-refractivity contribution is 5.82. The monoisotopic (exact) mass is 474 g/mol. The quantitative estimate of drug-likeness (QED) is 0.409. The Morgan fingerprint density at radius 3 is 2.35 bits per heavy atom. The van der Waals surface area contributed by atoms with Crippen LogP contribution in [-0.2, 0) is 4.79 Å². The van der Waals surface area contributed by atoms with Crippen LogP contribution in [0.15, 0.2) is 22.8 Å². The maximum atomic E-state index is 13.2. The highest BCUT2D eigenvalue weighted by Crippen LogP contribution is 2.72. The van der Waals surface area contributed by atoms with E-state index in [1.807, 2.05) is 13.8 Å². The van der Waals surface area contributed by atoms with Crippen LogP contribution in [0.2, 0.25) is 0 Å². The first-order valence-corrected chi connectivity index (χ1v) is 13.4. The number of carbonyl (C=O) groups is 1. The zero-order valence-corrected chi connectivity index (χ0v) is 22.0. The van der Waals surface area contributed by atoms with Crippen molar-refractivity contribution in [2.24, 2.45) is 34.0 Å². The van der Waals surface area contributed by atoms with Crippen LogP contribution in [0.1, 0.15) is 99.3 Å². The number of rotatable bonds is 5. The van der Waals surface area contributed by atoms with Crippen molar-refractivity contribution in [1.29, 1.82) is 0 Å². The van der Waals surface area contributed by atoms with Crippen molar-refractivity contribution in [3.8, 4) is 0 Å². The van der Waals surface area contributed by atoms with E-state index in [0.29, 0.717) is 32.1 Å². The molecule has 4 N–H and O–H groups in total. The van der Waals surface area contributed by atoms with Crippen LogP contribution < -0.4 is 0 Å². The molecule has 0 spiro atoms. The van der Waals surface area contributed by atoms with Crippen LogP contribution in [0.25, 0.3) is 0 Å². The van der Waals surface area contributed by atoms with Gasteiger partial charge in [0.15, 0.2) is 0 Å². The average Bonchev–Trinajstić information content (AvgIpc) is 3.08. The summed E-state index contributed by atoms with van der Waals surface area (Å²) in [5, 5.41) is 43.7. The van der Waals surface area contributed by atoms with Crippen LogP contribution in [0.4, 0.5) is 0 Å². The summed E-state index contributed by atoms with van der Waals surface area (Å²) in [6.45, 7) is 12.4. The minimum absolute atomic E-state index is 0.0291. The molecule has 0 saturated heterocycles. The van der Waals surface area contributed by atoms with Crippen LogP contribution in [0, 0.1) is 34.0 Å². The molecule has 192 valence electrons. The summed E-state index contributed by atoms with van der Waals surface area (Å²) in [5.74, 6) is -0.582. The van der Waals surface area contributed by atoms with Gasteiger partial charge in [0.25, 0.3) is 0 Å². The molecule has 0 amide bonds. The minimum Gasteiger partial charge on any atom is -0.481 e. The molecular formula is C29H46O5. The highest BCUT2D eigenvalue weighted by atomic mass is 16.4. The number of hydrogen-bond donors (Lipinski definition) is 4. The van der Waals surface area contributed by atoms with Gasteiger partial charge in [-0.3, -0.25) is 4.79 Å². The van der Waals surface area contributed by atoms with Gasteiger partial charge in [-0.15, -0.1) is 0 Å². The van der Waals surface area contributed by atoms with Crippen LogP contribution >= 0.6 is 0 Å². The molecule has 9 atom stereocenters. The van der Waals surface area contributed by atoms with Gasteiger partial charge < -0.3 is 20.4 Å². The van der Waals surface area contributed by atoms with Gasteiger partial charge in [-0.25, -0.2) is 0 Å². The number of carboxylic acid groups (broad SMARTS) is 1. The summed E-state index contributed by atoms with van der Waals surface area (Å²) in [5.41, 5.74) is 0.850. The maximum absolute atomic E-state index is 13.2. The van der Waals surface area contributed by atoms with Crippen molar-refractivity contribution in [3.63, 3.8) is 0 Å². The third kappa shape index (κ3) is 3.40. The van der Waals surface area contributed by atoms with Gasteiger partial charge in [-0.1, -0.05) is 43.6 Å². The average molecular weight is 475 g/mol. The van der Waals surface area contributed by atoms with Gasteiger partial charge in [0.1, 0.15) is 0 Å². The predicted molar refractivity (Wildman–Crippen MR) is 133 cm³/mol. The van der Waals surface area contributed by atoms with E-state index < -0.39 is 34.6 Å². The summed E-state index contributed by atoms with van der Waals surface area (Å²) in [7, 11) is 0. The lowest BCUT2D eigenvalue weighted by Crippen LogP contribution is -2.60. The summed E-state index contributed by atoms with van der Waals surface area (Å²) < 4.78 is 0. The summed E-state index contributed by atoms with van der Waals surface area (Å²) in [6, 6.07) is 0. The Bertz CT molecular complexity index is 898. The van der Waals surface area contributed by atoms with Crippen molar-refractivity contribution >= 4 is 5.97 Å². The van der Waals surface area contributed by atoms with Crippen LogP contribution in [-0.4, -0.2) is 44.2 Å². The second-order valence-electron chi connectivity index (χ2n) is 13.0. The van der Waals surface area contributed by atoms with Gasteiger partial charge in [-0.2, -0.15) is 0 Å². The third-order valence-corrected chi connectivity index (χ3v) is 11.2. The van der Waals surface area contributed by atoms with Crippen molar-refractivity contribution < 1.29 is 25.2 Å². The van der Waals surface area contributed by atoms with E-state index in [9.17, 15) is 25.2 Å². The molecule has 4 rings (SSSR count). The lowest BCUT2D eigenvalue weighted by atomic mass is 9.44. The molecular weight excluding hydrogens is 428 g/mol. The summed E-state index contributed by atoms with van der Waals surface area (Å²) in [4.78, 5) is 13.2. The molecule has 34 heavy (non-hydrogen) atoms. The Morgan fingerprint density at radius 2 is 1.74 bits per heavy atom. The van der Waals surface area contributed by atoms with E-state index in [1.54, 1.807) is 6.92 Å². The van der Waals surface area contributed by atoms with Crippen molar-refractivity contribution in [2.45, 2.75) is 117 Å². The molecule has 0 aliphatic heterocycles. The number of aliphatic hydroxyl groups is 3. The Labute approximate surface area is 205 Å². The molecule has 0 aromatic rings.